The molecule has 0 amide bonds. The molecule has 2 nitrogen and oxygen atoms in total. The fraction of sp³-hybridized carbons (Fsp3) is 0.571. The Morgan fingerprint density at radius 1 is 1.12 bits per heavy atom. The zero-order chi connectivity index (χ0) is 12.7. The van der Waals surface area contributed by atoms with Crippen molar-refractivity contribution in [2.75, 3.05) is 7.05 Å². The van der Waals surface area contributed by atoms with Crippen LogP contribution in [0, 0.1) is 0 Å². The van der Waals surface area contributed by atoms with Crippen LogP contribution in [0.4, 0.5) is 0 Å². The highest BCUT2D eigenvalue weighted by atomic mass is 15.1. The fourth-order valence-corrected chi connectivity index (χ4v) is 1.66. The van der Waals surface area contributed by atoms with Crippen molar-refractivity contribution in [1.82, 2.24) is 0 Å². The zero-order valence-corrected chi connectivity index (χ0v) is 11.7. The Hall–Kier alpha value is -1.18. The van der Waals surface area contributed by atoms with Crippen molar-refractivity contribution in [3.05, 3.63) is 34.1 Å². The summed E-state index contributed by atoms with van der Waals surface area (Å²) >= 11 is 0. The summed E-state index contributed by atoms with van der Waals surface area (Å²) in [6.45, 7) is 12.8. The van der Waals surface area contributed by atoms with Crippen molar-refractivity contribution in [3.8, 4) is 0 Å². The van der Waals surface area contributed by atoms with Gasteiger partial charge >= 0.3 is 0 Å². The first-order chi connectivity index (χ1) is 7.49. The van der Waals surface area contributed by atoms with E-state index in [0.717, 1.165) is 12.1 Å². The molecule has 0 atom stereocenters. The van der Waals surface area contributed by atoms with Gasteiger partial charge in [-0.15, -0.1) is 0 Å². The first-order valence-electron chi connectivity index (χ1n) is 5.80. The molecule has 0 heterocycles. The number of azo groups is 1. The maximum Gasteiger partial charge on any atom is 0.0884 e. The highest BCUT2D eigenvalue weighted by Crippen LogP contribution is 2.27. The Bertz CT molecular complexity index is 347. The molecule has 0 bridgehead atoms. The second-order valence-electron chi connectivity index (χ2n) is 4.11. The molecular weight excluding hydrogens is 196 g/mol. The van der Waals surface area contributed by atoms with Gasteiger partial charge in [-0.2, -0.15) is 10.2 Å². The standard InChI is InChI=1S/C14H24N2/c1-8-11(5)12(6)14(10(3)4)13(9-2)16-15-7/h9H,8H2,1-7H3/b12-11+,13-9-,16-15?. The van der Waals surface area contributed by atoms with Crippen molar-refractivity contribution in [2.24, 2.45) is 10.2 Å². The zero-order valence-electron chi connectivity index (χ0n) is 11.7. The lowest BCUT2D eigenvalue weighted by Crippen LogP contribution is -1.95. The molecule has 0 fully saturated rings. The van der Waals surface area contributed by atoms with Crippen LogP contribution in [0.5, 0.6) is 0 Å². The van der Waals surface area contributed by atoms with E-state index in [2.05, 4.69) is 44.8 Å². The third kappa shape index (κ3) is 3.76. The Balaban J connectivity index is 5.64. The molecule has 0 aliphatic heterocycles. The van der Waals surface area contributed by atoms with Gasteiger partial charge in [0.05, 0.1) is 5.70 Å². The van der Waals surface area contributed by atoms with Gasteiger partial charge in [-0.3, -0.25) is 0 Å². The topological polar surface area (TPSA) is 24.7 Å². The normalized spacial score (nSPS) is 14.1. The van der Waals surface area contributed by atoms with E-state index in [4.69, 9.17) is 0 Å². The van der Waals surface area contributed by atoms with Crippen LogP contribution in [0.25, 0.3) is 0 Å². The summed E-state index contributed by atoms with van der Waals surface area (Å²) in [4.78, 5) is 0. The van der Waals surface area contributed by atoms with E-state index in [9.17, 15) is 0 Å². The average Bonchev–Trinajstić information content (AvgIpc) is 2.26. The molecule has 90 valence electrons. The van der Waals surface area contributed by atoms with Crippen LogP contribution >= 0.6 is 0 Å². The quantitative estimate of drug-likeness (QED) is 0.467. The number of hydrogen-bond acceptors (Lipinski definition) is 2. The van der Waals surface area contributed by atoms with Gasteiger partial charge < -0.3 is 0 Å². The molecule has 0 spiro atoms. The van der Waals surface area contributed by atoms with E-state index in [1.54, 1.807) is 7.05 Å². The van der Waals surface area contributed by atoms with E-state index in [1.165, 1.54) is 22.3 Å². The maximum absolute atomic E-state index is 4.20. The first-order valence-corrected chi connectivity index (χ1v) is 5.80. The van der Waals surface area contributed by atoms with Crippen molar-refractivity contribution >= 4 is 0 Å². The highest BCUT2D eigenvalue weighted by Gasteiger charge is 2.10. The van der Waals surface area contributed by atoms with Crippen molar-refractivity contribution in [3.63, 3.8) is 0 Å². The van der Waals surface area contributed by atoms with Crippen LogP contribution in [0.3, 0.4) is 0 Å². The SMILES string of the molecule is C/C=C(\N=NC)C(=C(C)C)/C(C)=C(\C)CC. The van der Waals surface area contributed by atoms with Crippen LogP contribution < -0.4 is 0 Å². The molecule has 0 rings (SSSR count). The Kier molecular flexibility index (Phi) is 6.63. The van der Waals surface area contributed by atoms with E-state index in [-0.39, 0.29) is 0 Å². The van der Waals surface area contributed by atoms with Gasteiger partial charge in [0.15, 0.2) is 0 Å². The second kappa shape index (κ2) is 7.15. The Morgan fingerprint density at radius 3 is 2.00 bits per heavy atom. The maximum atomic E-state index is 4.20. The van der Waals surface area contributed by atoms with Crippen LogP contribution in [-0.2, 0) is 0 Å². The summed E-state index contributed by atoms with van der Waals surface area (Å²) in [5.41, 5.74) is 6.20. The van der Waals surface area contributed by atoms with E-state index in [1.807, 2.05) is 13.0 Å². The van der Waals surface area contributed by atoms with E-state index in [0.29, 0.717) is 0 Å². The summed E-state index contributed by atoms with van der Waals surface area (Å²) in [5.74, 6) is 0. The predicted molar refractivity (Wildman–Crippen MR) is 71.6 cm³/mol. The largest absolute Gasteiger partial charge is 0.192 e. The first kappa shape index (κ1) is 14.8. The van der Waals surface area contributed by atoms with Crippen molar-refractivity contribution < 1.29 is 0 Å². The third-order valence-electron chi connectivity index (χ3n) is 2.78. The van der Waals surface area contributed by atoms with E-state index >= 15 is 0 Å². The monoisotopic (exact) mass is 220 g/mol. The molecule has 0 saturated carbocycles. The summed E-state index contributed by atoms with van der Waals surface area (Å²) in [5, 5.41) is 8.07. The Labute approximate surface area is 99.9 Å². The van der Waals surface area contributed by atoms with Crippen LogP contribution in [0.1, 0.15) is 48.0 Å². The molecule has 0 aromatic rings. The minimum Gasteiger partial charge on any atom is -0.192 e. The number of allylic oxidation sites excluding steroid dienone is 4. The molecule has 2 heteroatoms. The molecule has 0 aromatic heterocycles. The van der Waals surface area contributed by atoms with Gasteiger partial charge in [-0.1, -0.05) is 24.1 Å². The van der Waals surface area contributed by atoms with Crippen molar-refractivity contribution in [1.29, 1.82) is 0 Å². The van der Waals surface area contributed by atoms with E-state index < -0.39 is 0 Å². The Morgan fingerprint density at radius 2 is 1.69 bits per heavy atom. The highest BCUT2D eigenvalue weighted by molar-refractivity contribution is 5.48. The molecule has 16 heavy (non-hydrogen) atoms. The fourth-order valence-electron chi connectivity index (χ4n) is 1.66. The smallest absolute Gasteiger partial charge is 0.0884 e. The average molecular weight is 220 g/mol. The predicted octanol–water partition coefficient (Wildman–Crippen LogP) is 5.06. The summed E-state index contributed by atoms with van der Waals surface area (Å²) in [6, 6.07) is 0. The van der Waals surface area contributed by atoms with Crippen molar-refractivity contribution in [2.45, 2.75) is 48.0 Å². The summed E-state index contributed by atoms with van der Waals surface area (Å²) < 4.78 is 0. The van der Waals surface area contributed by atoms with Gasteiger partial charge in [0.25, 0.3) is 0 Å². The van der Waals surface area contributed by atoms with Gasteiger partial charge in [-0.25, -0.2) is 0 Å². The van der Waals surface area contributed by atoms with Gasteiger partial charge in [-0.05, 0) is 46.6 Å². The number of rotatable bonds is 4. The molecule has 0 saturated heterocycles. The van der Waals surface area contributed by atoms with Gasteiger partial charge in [0, 0.05) is 12.6 Å². The van der Waals surface area contributed by atoms with Gasteiger partial charge in [0.2, 0.25) is 0 Å². The second-order valence-corrected chi connectivity index (χ2v) is 4.11. The summed E-state index contributed by atoms with van der Waals surface area (Å²) in [7, 11) is 1.71. The van der Waals surface area contributed by atoms with Crippen LogP contribution in [-0.4, -0.2) is 7.05 Å². The summed E-state index contributed by atoms with van der Waals surface area (Å²) in [6.07, 6.45) is 3.09. The van der Waals surface area contributed by atoms with Gasteiger partial charge in [0.1, 0.15) is 0 Å². The molecular formula is C14H24N2. The lowest BCUT2D eigenvalue weighted by Gasteiger charge is -2.13. The lowest BCUT2D eigenvalue weighted by atomic mass is 9.94. The number of nitrogens with zero attached hydrogens (tertiary/aromatic N) is 2. The molecule has 0 N–H and O–H groups in total. The minimum absolute atomic E-state index is 0.966. The molecule has 0 aliphatic carbocycles. The lowest BCUT2D eigenvalue weighted by molar-refractivity contribution is 1.02. The van der Waals surface area contributed by atoms with Crippen LogP contribution in [0.2, 0.25) is 0 Å². The minimum atomic E-state index is 0.966. The molecule has 0 unspecified atom stereocenters. The molecule has 0 aliphatic rings. The third-order valence-corrected chi connectivity index (χ3v) is 2.78. The number of hydrogen-bond donors (Lipinski definition) is 0. The molecule has 0 aromatic carbocycles. The molecule has 0 radical (unpaired) electrons. The van der Waals surface area contributed by atoms with Crippen LogP contribution in [0.15, 0.2) is 44.3 Å².